The predicted octanol–water partition coefficient (Wildman–Crippen LogP) is 2.99. The maximum atomic E-state index is 12.6. The number of carbonyl (C=O) groups excluding carboxylic acids is 2. The van der Waals surface area contributed by atoms with Gasteiger partial charge in [-0.2, -0.15) is 0 Å². The third-order valence-electron chi connectivity index (χ3n) is 5.58. The van der Waals surface area contributed by atoms with Crippen molar-refractivity contribution in [3.63, 3.8) is 0 Å². The zero-order valence-electron chi connectivity index (χ0n) is 16.5. The van der Waals surface area contributed by atoms with E-state index in [4.69, 9.17) is 16.3 Å². The zero-order valence-corrected chi connectivity index (χ0v) is 17.3. The van der Waals surface area contributed by atoms with E-state index in [0.29, 0.717) is 29.4 Å². The molecule has 0 radical (unpaired) electrons. The lowest BCUT2D eigenvalue weighted by molar-refractivity contribution is -0.118. The van der Waals surface area contributed by atoms with Crippen molar-refractivity contribution in [2.75, 3.05) is 26.2 Å². The van der Waals surface area contributed by atoms with Crippen LogP contribution < -0.4 is 15.4 Å². The van der Waals surface area contributed by atoms with Gasteiger partial charge < -0.3 is 20.3 Å². The van der Waals surface area contributed by atoms with Crippen LogP contribution in [-0.2, 0) is 4.79 Å². The smallest absolute Gasteiger partial charge is 0.255 e. The minimum absolute atomic E-state index is 0.116. The Bertz CT molecular complexity index is 683. The maximum absolute atomic E-state index is 12.6. The van der Waals surface area contributed by atoms with Crippen molar-refractivity contribution >= 4 is 23.4 Å². The summed E-state index contributed by atoms with van der Waals surface area (Å²) in [5.74, 6) is 0.206. The number of benzene rings is 1. The number of piperidine rings is 1. The SMILES string of the molecule is CC(=O)NCCNC(=O)c1cc(Cl)ccc1OC1CCN(C2CCCC2)CC1. The number of ether oxygens (including phenoxy) is 1. The van der Waals surface area contributed by atoms with Crippen LogP contribution in [0, 0.1) is 0 Å². The zero-order chi connectivity index (χ0) is 19.9. The third kappa shape index (κ3) is 5.85. The maximum Gasteiger partial charge on any atom is 0.255 e. The fourth-order valence-electron chi connectivity index (χ4n) is 4.10. The van der Waals surface area contributed by atoms with Crippen LogP contribution in [0.2, 0.25) is 5.02 Å². The predicted molar refractivity (Wildman–Crippen MR) is 110 cm³/mol. The summed E-state index contributed by atoms with van der Waals surface area (Å²) in [6.45, 7) is 4.30. The van der Waals surface area contributed by atoms with Gasteiger partial charge in [-0.15, -0.1) is 0 Å². The molecule has 1 heterocycles. The molecule has 0 atom stereocenters. The van der Waals surface area contributed by atoms with Crippen molar-refractivity contribution in [3.8, 4) is 5.75 Å². The summed E-state index contributed by atoms with van der Waals surface area (Å²) in [5.41, 5.74) is 0.438. The molecule has 1 saturated heterocycles. The molecule has 2 aliphatic rings. The average molecular weight is 408 g/mol. The van der Waals surface area contributed by atoms with Gasteiger partial charge in [0.2, 0.25) is 5.91 Å². The van der Waals surface area contributed by atoms with Crippen LogP contribution in [0.5, 0.6) is 5.75 Å². The highest BCUT2D eigenvalue weighted by atomic mass is 35.5. The minimum atomic E-state index is -0.244. The van der Waals surface area contributed by atoms with E-state index in [9.17, 15) is 9.59 Å². The molecule has 1 saturated carbocycles. The molecule has 1 aromatic carbocycles. The minimum Gasteiger partial charge on any atom is -0.489 e. The molecule has 0 bridgehead atoms. The first kappa shape index (κ1) is 20.9. The van der Waals surface area contributed by atoms with E-state index in [-0.39, 0.29) is 17.9 Å². The fourth-order valence-corrected chi connectivity index (χ4v) is 4.27. The second-order valence-electron chi connectivity index (χ2n) is 7.67. The highest BCUT2D eigenvalue weighted by Gasteiger charge is 2.28. The first-order valence-electron chi connectivity index (χ1n) is 10.3. The highest BCUT2D eigenvalue weighted by Crippen LogP contribution is 2.29. The molecule has 2 N–H and O–H groups in total. The number of carbonyl (C=O) groups is 2. The van der Waals surface area contributed by atoms with Crippen molar-refractivity contribution in [1.29, 1.82) is 0 Å². The Hall–Kier alpha value is -1.79. The van der Waals surface area contributed by atoms with Crippen LogP contribution in [0.4, 0.5) is 0 Å². The summed E-state index contributed by atoms with van der Waals surface area (Å²) in [7, 11) is 0. The molecule has 6 nitrogen and oxygen atoms in total. The quantitative estimate of drug-likeness (QED) is 0.681. The summed E-state index contributed by atoms with van der Waals surface area (Å²) < 4.78 is 6.20. The monoisotopic (exact) mass is 407 g/mol. The normalized spacial score (nSPS) is 18.8. The Labute approximate surface area is 171 Å². The second kappa shape index (κ2) is 10.1. The molecule has 1 aliphatic heterocycles. The fraction of sp³-hybridized carbons (Fsp3) is 0.619. The van der Waals surface area contributed by atoms with Crippen molar-refractivity contribution in [2.45, 2.75) is 57.6 Å². The third-order valence-corrected chi connectivity index (χ3v) is 5.82. The number of amides is 2. The van der Waals surface area contributed by atoms with E-state index in [2.05, 4.69) is 15.5 Å². The van der Waals surface area contributed by atoms with E-state index in [1.807, 2.05) is 0 Å². The summed E-state index contributed by atoms with van der Waals surface area (Å²) in [5, 5.41) is 5.95. The topological polar surface area (TPSA) is 70.7 Å². The van der Waals surface area contributed by atoms with E-state index in [1.54, 1.807) is 18.2 Å². The van der Waals surface area contributed by atoms with Crippen LogP contribution in [0.1, 0.15) is 55.8 Å². The van der Waals surface area contributed by atoms with Crippen LogP contribution in [0.15, 0.2) is 18.2 Å². The Morgan fingerprint density at radius 2 is 1.79 bits per heavy atom. The van der Waals surface area contributed by atoms with Gasteiger partial charge in [-0.3, -0.25) is 9.59 Å². The van der Waals surface area contributed by atoms with E-state index >= 15 is 0 Å². The van der Waals surface area contributed by atoms with E-state index < -0.39 is 0 Å². The lowest BCUT2D eigenvalue weighted by Gasteiger charge is -2.36. The van der Waals surface area contributed by atoms with Crippen LogP contribution in [-0.4, -0.2) is 55.0 Å². The van der Waals surface area contributed by atoms with Gasteiger partial charge in [-0.1, -0.05) is 24.4 Å². The molecular formula is C21H30ClN3O3. The highest BCUT2D eigenvalue weighted by molar-refractivity contribution is 6.31. The number of likely N-dealkylation sites (tertiary alicyclic amines) is 1. The molecule has 0 aromatic heterocycles. The van der Waals surface area contributed by atoms with Gasteiger partial charge in [0, 0.05) is 44.2 Å². The van der Waals surface area contributed by atoms with Gasteiger partial charge in [0.25, 0.3) is 5.91 Å². The van der Waals surface area contributed by atoms with Gasteiger partial charge in [0.15, 0.2) is 0 Å². The average Bonchev–Trinajstić information content (AvgIpc) is 3.21. The summed E-state index contributed by atoms with van der Waals surface area (Å²) in [4.78, 5) is 26.1. The Morgan fingerprint density at radius 1 is 1.11 bits per heavy atom. The van der Waals surface area contributed by atoms with E-state index in [0.717, 1.165) is 32.0 Å². The summed E-state index contributed by atoms with van der Waals surface area (Å²) in [6, 6.07) is 5.91. The first-order chi connectivity index (χ1) is 13.5. The Morgan fingerprint density at radius 3 is 2.46 bits per heavy atom. The number of rotatable bonds is 7. The molecule has 1 aliphatic carbocycles. The first-order valence-corrected chi connectivity index (χ1v) is 10.6. The molecule has 154 valence electrons. The van der Waals surface area contributed by atoms with Gasteiger partial charge in [-0.05, 0) is 43.9 Å². The summed E-state index contributed by atoms with van der Waals surface area (Å²) in [6.07, 6.45) is 7.42. The number of nitrogens with one attached hydrogen (secondary N) is 2. The molecule has 3 rings (SSSR count). The van der Waals surface area contributed by atoms with Gasteiger partial charge in [0.1, 0.15) is 11.9 Å². The standard InChI is InChI=1S/C21H30ClN3O3/c1-15(26)23-10-11-24-21(27)19-14-16(22)6-7-20(19)28-18-8-12-25(13-9-18)17-4-2-3-5-17/h6-7,14,17-18H,2-5,8-13H2,1H3,(H,23,26)(H,24,27). The van der Waals surface area contributed by atoms with Crippen LogP contribution in [0.25, 0.3) is 0 Å². The molecule has 2 fully saturated rings. The molecule has 7 heteroatoms. The molecule has 0 unspecified atom stereocenters. The van der Waals surface area contributed by atoms with Crippen molar-refractivity contribution < 1.29 is 14.3 Å². The van der Waals surface area contributed by atoms with Crippen molar-refractivity contribution in [3.05, 3.63) is 28.8 Å². The summed E-state index contributed by atoms with van der Waals surface area (Å²) >= 11 is 6.10. The van der Waals surface area contributed by atoms with E-state index in [1.165, 1.54) is 32.6 Å². The van der Waals surface area contributed by atoms with Crippen LogP contribution >= 0.6 is 11.6 Å². The number of nitrogens with zero attached hydrogens (tertiary/aromatic N) is 1. The lowest BCUT2D eigenvalue weighted by atomic mass is 10.0. The number of hydrogen-bond acceptors (Lipinski definition) is 4. The van der Waals surface area contributed by atoms with Crippen molar-refractivity contribution in [1.82, 2.24) is 15.5 Å². The largest absolute Gasteiger partial charge is 0.489 e. The Kier molecular flexibility index (Phi) is 7.57. The molecule has 1 aromatic rings. The second-order valence-corrected chi connectivity index (χ2v) is 8.11. The van der Waals surface area contributed by atoms with Gasteiger partial charge >= 0.3 is 0 Å². The van der Waals surface area contributed by atoms with Crippen LogP contribution in [0.3, 0.4) is 0 Å². The number of hydrogen-bond donors (Lipinski definition) is 2. The molecular weight excluding hydrogens is 378 g/mol. The number of halogens is 1. The van der Waals surface area contributed by atoms with Crippen molar-refractivity contribution in [2.24, 2.45) is 0 Å². The molecule has 0 spiro atoms. The van der Waals surface area contributed by atoms with Gasteiger partial charge in [0.05, 0.1) is 5.56 Å². The Balaban J connectivity index is 1.55. The lowest BCUT2D eigenvalue weighted by Crippen LogP contribution is -2.43. The molecule has 2 amide bonds. The molecule has 28 heavy (non-hydrogen) atoms. The van der Waals surface area contributed by atoms with Gasteiger partial charge in [-0.25, -0.2) is 0 Å².